The van der Waals surface area contributed by atoms with Crippen molar-refractivity contribution in [2.75, 3.05) is 19.7 Å². The van der Waals surface area contributed by atoms with E-state index in [-0.39, 0.29) is 47.2 Å². The fraction of sp³-hybridized carbons (Fsp3) is 0.409. The summed E-state index contributed by atoms with van der Waals surface area (Å²) in [5.74, 6) is -2.61. The number of nitrogens with zero attached hydrogens (tertiary/aromatic N) is 2. The van der Waals surface area contributed by atoms with Crippen LogP contribution in [0.5, 0.6) is 5.75 Å². The van der Waals surface area contributed by atoms with E-state index < -0.39 is 34.2 Å². The number of aromatic nitrogens is 1. The molecule has 2 N–H and O–H groups in total. The average Bonchev–Trinajstić information content (AvgIpc) is 3.47. The molecule has 0 bridgehead atoms. The molecule has 2 aromatic rings. The van der Waals surface area contributed by atoms with E-state index in [1.165, 1.54) is 27.8 Å². The summed E-state index contributed by atoms with van der Waals surface area (Å²) in [6, 6.07) is 4.48. The van der Waals surface area contributed by atoms with Gasteiger partial charge in [0.15, 0.2) is 17.2 Å². The number of amides is 1. The number of fused-ring (bicyclic) bond motifs is 2. The van der Waals surface area contributed by atoms with E-state index in [0.717, 1.165) is 0 Å². The van der Waals surface area contributed by atoms with Crippen molar-refractivity contribution >= 4 is 23.3 Å². The fourth-order valence-electron chi connectivity index (χ4n) is 4.45. The van der Waals surface area contributed by atoms with Gasteiger partial charge in [-0.15, -0.1) is 0 Å². The van der Waals surface area contributed by atoms with Gasteiger partial charge in [0, 0.05) is 38.2 Å². The van der Waals surface area contributed by atoms with Crippen molar-refractivity contribution in [2.24, 2.45) is 5.92 Å². The van der Waals surface area contributed by atoms with Gasteiger partial charge >= 0.3 is 0 Å². The Hall–Kier alpha value is -2.71. The van der Waals surface area contributed by atoms with E-state index in [9.17, 15) is 29.0 Å². The molecule has 164 valence electrons. The Balaban J connectivity index is 1.72. The molecular weight excluding hydrogens is 427 g/mol. The Morgan fingerprint density at radius 3 is 2.74 bits per heavy atom. The Bertz CT molecular complexity index is 1150. The van der Waals surface area contributed by atoms with Gasteiger partial charge in [-0.1, -0.05) is 23.7 Å². The molecule has 0 radical (unpaired) electrons. The molecule has 2 aliphatic rings. The SMILES string of the molecule is CCN1C[C@@]2(C[C@H]2CO)n2cc(C(=O)CCc3cccc(Cl)c3F)c(=O)c(O)c2C1=O. The van der Waals surface area contributed by atoms with Gasteiger partial charge in [0.05, 0.1) is 16.1 Å². The first-order chi connectivity index (χ1) is 14.7. The minimum Gasteiger partial charge on any atom is -0.503 e. The number of likely N-dealkylation sites (N-methyl/N-ethyl adjacent to an activating group) is 1. The van der Waals surface area contributed by atoms with Crippen molar-refractivity contribution in [3.63, 3.8) is 0 Å². The lowest BCUT2D eigenvalue weighted by Crippen LogP contribution is -2.49. The average molecular weight is 449 g/mol. The number of Topliss-reactive ketones (excluding diaryl/α,β-unsaturated/α-hetero) is 1. The van der Waals surface area contributed by atoms with Crippen LogP contribution in [0.1, 0.15) is 46.2 Å². The zero-order valence-electron chi connectivity index (χ0n) is 16.9. The molecule has 2 atom stereocenters. The number of aliphatic hydroxyl groups excluding tert-OH is 1. The molecule has 9 heteroatoms. The molecule has 1 aromatic heterocycles. The van der Waals surface area contributed by atoms with Crippen LogP contribution in [0, 0.1) is 11.7 Å². The molecule has 1 aliphatic heterocycles. The molecule has 1 spiro atoms. The monoisotopic (exact) mass is 448 g/mol. The summed E-state index contributed by atoms with van der Waals surface area (Å²) in [6.45, 7) is 2.39. The van der Waals surface area contributed by atoms with Crippen LogP contribution in [-0.2, 0) is 12.0 Å². The van der Waals surface area contributed by atoms with Gasteiger partial charge in [0.25, 0.3) is 5.91 Å². The van der Waals surface area contributed by atoms with Crippen LogP contribution < -0.4 is 5.43 Å². The summed E-state index contributed by atoms with van der Waals surface area (Å²) < 4.78 is 15.6. The number of aryl methyl sites for hydroxylation is 1. The molecule has 0 unspecified atom stereocenters. The van der Waals surface area contributed by atoms with Crippen LogP contribution >= 0.6 is 11.6 Å². The Morgan fingerprint density at radius 2 is 2.10 bits per heavy atom. The quantitative estimate of drug-likeness (QED) is 0.661. The summed E-state index contributed by atoms with van der Waals surface area (Å²) in [4.78, 5) is 39.9. The van der Waals surface area contributed by atoms with E-state index in [4.69, 9.17) is 11.6 Å². The number of halogens is 2. The van der Waals surface area contributed by atoms with Gasteiger partial charge < -0.3 is 19.7 Å². The summed E-state index contributed by atoms with van der Waals surface area (Å²) in [5, 5.41) is 20.2. The molecule has 1 aromatic carbocycles. The van der Waals surface area contributed by atoms with Gasteiger partial charge in [-0.25, -0.2) is 4.39 Å². The third-order valence-electron chi connectivity index (χ3n) is 6.37. The molecule has 0 saturated heterocycles. The highest BCUT2D eigenvalue weighted by atomic mass is 35.5. The topological polar surface area (TPSA) is 99.8 Å². The van der Waals surface area contributed by atoms with Crippen LogP contribution in [0.2, 0.25) is 5.02 Å². The minimum absolute atomic E-state index is 0.0279. The standard InChI is InChI=1S/C22H22ClFN2O5/c1-2-25-11-22(8-13(22)10-27)26-9-14(19(29)20(30)18(26)21(25)31)16(28)7-6-12-4-3-5-15(23)17(12)24/h3-5,9,13,27,30H,2,6-8,10-11H2,1H3/t13-,22+/m0/s1. The van der Waals surface area contributed by atoms with Gasteiger partial charge in [-0.3, -0.25) is 14.4 Å². The molecule has 1 aliphatic carbocycles. The Labute approximate surface area is 182 Å². The maximum atomic E-state index is 14.1. The Kier molecular flexibility index (Phi) is 5.39. The van der Waals surface area contributed by atoms with Crippen LogP contribution in [0.3, 0.4) is 0 Å². The van der Waals surface area contributed by atoms with Gasteiger partial charge in [0.2, 0.25) is 5.43 Å². The molecule has 2 heterocycles. The van der Waals surface area contributed by atoms with Crippen LogP contribution in [0.4, 0.5) is 4.39 Å². The van der Waals surface area contributed by atoms with Crippen molar-refractivity contribution in [2.45, 2.75) is 31.7 Å². The maximum absolute atomic E-state index is 14.1. The number of pyridine rings is 1. The van der Waals surface area contributed by atoms with Gasteiger partial charge in [0.1, 0.15) is 5.82 Å². The fourth-order valence-corrected chi connectivity index (χ4v) is 4.65. The third-order valence-corrected chi connectivity index (χ3v) is 6.66. The molecule has 7 nitrogen and oxygen atoms in total. The second-order valence-corrected chi connectivity index (χ2v) is 8.49. The molecule has 4 rings (SSSR count). The summed E-state index contributed by atoms with van der Waals surface area (Å²) in [6.07, 6.45) is 1.73. The smallest absolute Gasteiger partial charge is 0.274 e. The highest BCUT2D eigenvalue weighted by molar-refractivity contribution is 6.30. The van der Waals surface area contributed by atoms with E-state index in [1.54, 1.807) is 13.0 Å². The first-order valence-corrected chi connectivity index (χ1v) is 10.5. The Morgan fingerprint density at radius 1 is 1.35 bits per heavy atom. The van der Waals surface area contributed by atoms with E-state index in [1.807, 2.05) is 0 Å². The zero-order chi connectivity index (χ0) is 22.5. The third kappa shape index (κ3) is 3.34. The normalized spacial score (nSPS) is 22.0. The van der Waals surface area contributed by atoms with Crippen molar-refractivity contribution in [1.29, 1.82) is 0 Å². The number of hydrogen-bond acceptors (Lipinski definition) is 5. The van der Waals surface area contributed by atoms with Crippen molar-refractivity contribution in [3.05, 3.63) is 62.3 Å². The number of carbonyl (C=O) groups excluding carboxylic acids is 2. The van der Waals surface area contributed by atoms with Crippen LogP contribution in [0.15, 0.2) is 29.2 Å². The second-order valence-electron chi connectivity index (χ2n) is 8.08. The molecule has 1 amide bonds. The lowest BCUT2D eigenvalue weighted by atomic mass is 10.00. The highest BCUT2D eigenvalue weighted by Gasteiger charge is 2.60. The van der Waals surface area contributed by atoms with Crippen molar-refractivity contribution in [3.8, 4) is 5.75 Å². The molecular formula is C22H22ClFN2O5. The minimum atomic E-state index is -0.925. The van der Waals surface area contributed by atoms with Crippen molar-refractivity contribution < 1.29 is 24.2 Å². The maximum Gasteiger partial charge on any atom is 0.274 e. The lowest BCUT2D eigenvalue weighted by molar-refractivity contribution is 0.0630. The van der Waals surface area contributed by atoms with E-state index in [0.29, 0.717) is 19.5 Å². The number of hydrogen-bond donors (Lipinski definition) is 2. The number of ketones is 1. The summed E-state index contributed by atoms with van der Waals surface area (Å²) >= 11 is 5.77. The second kappa shape index (κ2) is 7.76. The van der Waals surface area contributed by atoms with E-state index in [2.05, 4.69) is 0 Å². The molecule has 1 fully saturated rings. The number of rotatable bonds is 6. The summed E-state index contributed by atoms with van der Waals surface area (Å²) in [5.41, 5.74) is -1.76. The van der Waals surface area contributed by atoms with Gasteiger partial charge in [-0.2, -0.15) is 0 Å². The predicted molar refractivity (Wildman–Crippen MR) is 111 cm³/mol. The van der Waals surface area contributed by atoms with E-state index >= 15 is 0 Å². The first-order valence-electron chi connectivity index (χ1n) is 10.1. The number of benzene rings is 1. The first kappa shape index (κ1) is 21.5. The van der Waals surface area contributed by atoms with Crippen LogP contribution in [0.25, 0.3) is 0 Å². The zero-order valence-corrected chi connectivity index (χ0v) is 17.7. The lowest BCUT2D eigenvalue weighted by Gasteiger charge is -2.37. The molecule has 31 heavy (non-hydrogen) atoms. The van der Waals surface area contributed by atoms with Gasteiger partial charge in [-0.05, 0) is 31.4 Å². The number of aromatic hydroxyl groups is 1. The number of carbonyl (C=O) groups is 2. The summed E-state index contributed by atoms with van der Waals surface area (Å²) in [7, 11) is 0. The largest absolute Gasteiger partial charge is 0.503 e. The highest BCUT2D eigenvalue weighted by Crippen LogP contribution is 2.53. The predicted octanol–water partition coefficient (Wildman–Crippen LogP) is 2.35. The van der Waals surface area contributed by atoms with Crippen molar-refractivity contribution in [1.82, 2.24) is 9.47 Å². The van der Waals surface area contributed by atoms with Crippen LogP contribution in [-0.4, -0.2) is 51.1 Å². The number of aliphatic hydroxyl groups is 1. The molecule has 1 saturated carbocycles.